The maximum absolute atomic E-state index is 12.4. The Balaban J connectivity index is 2.02. The summed E-state index contributed by atoms with van der Waals surface area (Å²) in [5.74, 6) is 0.228. The van der Waals surface area contributed by atoms with Crippen LogP contribution >= 0.6 is 0 Å². The van der Waals surface area contributed by atoms with E-state index in [9.17, 15) is 9.90 Å². The minimum atomic E-state index is -1.22. The standard InChI is InChI=1S/C19H18O2/c1-11-9-15-16(10-19(2,21)18(15)20)14-8-7-12-5-3-4-6-13(12)17(11)14/h3-8,11,21H,9-10H2,1-2H3. The molecule has 0 aromatic heterocycles. The molecule has 0 bridgehead atoms. The Kier molecular flexibility index (Phi) is 2.46. The van der Waals surface area contributed by atoms with Crippen molar-refractivity contribution in [3.63, 3.8) is 0 Å². The molecule has 0 saturated heterocycles. The van der Waals surface area contributed by atoms with Crippen LogP contribution in [0.1, 0.15) is 43.7 Å². The Bertz CT molecular complexity index is 811. The van der Waals surface area contributed by atoms with E-state index in [1.165, 1.54) is 16.3 Å². The van der Waals surface area contributed by atoms with Crippen LogP contribution < -0.4 is 0 Å². The van der Waals surface area contributed by atoms with Crippen LogP contribution in [-0.2, 0) is 4.79 Å². The van der Waals surface area contributed by atoms with E-state index in [2.05, 4.69) is 43.3 Å². The monoisotopic (exact) mass is 278 g/mol. The molecule has 0 saturated carbocycles. The van der Waals surface area contributed by atoms with Crippen molar-refractivity contribution in [3.05, 3.63) is 53.1 Å². The molecule has 0 aliphatic heterocycles. The van der Waals surface area contributed by atoms with E-state index >= 15 is 0 Å². The highest BCUT2D eigenvalue weighted by molar-refractivity contribution is 6.14. The van der Waals surface area contributed by atoms with E-state index < -0.39 is 5.60 Å². The zero-order valence-electron chi connectivity index (χ0n) is 12.3. The van der Waals surface area contributed by atoms with Gasteiger partial charge in [-0.05, 0) is 46.7 Å². The van der Waals surface area contributed by atoms with Crippen LogP contribution in [0.2, 0.25) is 0 Å². The van der Waals surface area contributed by atoms with Crippen molar-refractivity contribution in [2.75, 3.05) is 0 Å². The lowest BCUT2D eigenvalue weighted by atomic mass is 9.78. The number of fused-ring (bicyclic) bond motifs is 4. The van der Waals surface area contributed by atoms with Gasteiger partial charge in [-0.2, -0.15) is 0 Å². The van der Waals surface area contributed by atoms with E-state index in [4.69, 9.17) is 0 Å². The average molecular weight is 278 g/mol. The SMILES string of the molecule is CC1CC2=C(CC(C)(O)C2=O)c2ccc3ccccc3c21. The summed E-state index contributed by atoms with van der Waals surface area (Å²) in [6, 6.07) is 12.6. The van der Waals surface area contributed by atoms with Crippen LogP contribution in [0.3, 0.4) is 0 Å². The highest BCUT2D eigenvalue weighted by atomic mass is 16.3. The Labute approximate surface area is 124 Å². The minimum Gasteiger partial charge on any atom is -0.382 e. The Hall–Kier alpha value is -1.93. The van der Waals surface area contributed by atoms with Crippen molar-refractivity contribution in [2.24, 2.45) is 0 Å². The van der Waals surface area contributed by atoms with Gasteiger partial charge < -0.3 is 5.11 Å². The molecular weight excluding hydrogens is 260 g/mol. The second-order valence-corrected chi connectivity index (χ2v) is 6.59. The van der Waals surface area contributed by atoms with Gasteiger partial charge in [0.05, 0.1) is 0 Å². The number of hydrogen-bond donors (Lipinski definition) is 1. The van der Waals surface area contributed by atoms with Crippen molar-refractivity contribution < 1.29 is 9.90 Å². The second-order valence-electron chi connectivity index (χ2n) is 6.59. The number of Topliss-reactive ketones (excluding diaryl/α,β-unsaturated/α-hetero) is 1. The molecule has 2 heteroatoms. The van der Waals surface area contributed by atoms with Crippen molar-refractivity contribution in [3.8, 4) is 0 Å². The van der Waals surface area contributed by atoms with E-state index in [0.717, 1.165) is 23.1 Å². The van der Waals surface area contributed by atoms with Gasteiger partial charge >= 0.3 is 0 Å². The zero-order chi connectivity index (χ0) is 14.8. The number of carbonyl (C=O) groups is 1. The van der Waals surface area contributed by atoms with Crippen molar-refractivity contribution >= 4 is 22.1 Å². The van der Waals surface area contributed by atoms with Crippen molar-refractivity contribution in [1.29, 1.82) is 0 Å². The van der Waals surface area contributed by atoms with E-state index in [-0.39, 0.29) is 5.78 Å². The van der Waals surface area contributed by atoms with Crippen molar-refractivity contribution in [1.82, 2.24) is 0 Å². The predicted molar refractivity (Wildman–Crippen MR) is 84.1 cm³/mol. The molecule has 2 aromatic rings. The molecule has 21 heavy (non-hydrogen) atoms. The van der Waals surface area contributed by atoms with E-state index in [1.54, 1.807) is 6.92 Å². The predicted octanol–water partition coefficient (Wildman–Crippen LogP) is 3.82. The highest BCUT2D eigenvalue weighted by Crippen LogP contribution is 2.49. The molecule has 2 unspecified atom stereocenters. The van der Waals surface area contributed by atoms with Crippen LogP contribution in [-0.4, -0.2) is 16.5 Å². The first-order valence-electron chi connectivity index (χ1n) is 7.50. The summed E-state index contributed by atoms with van der Waals surface area (Å²) in [6.45, 7) is 3.81. The summed E-state index contributed by atoms with van der Waals surface area (Å²) in [4.78, 5) is 12.4. The van der Waals surface area contributed by atoms with E-state index in [0.29, 0.717) is 12.3 Å². The van der Waals surface area contributed by atoms with Crippen LogP contribution in [0.15, 0.2) is 42.0 Å². The third kappa shape index (κ3) is 1.66. The molecule has 2 aromatic carbocycles. The van der Waals surface area contributed by atoms with Gasteiger partial charge in [0, 0.05) is 12.0 Å². The largest absolute Gasteiger partial charge is 0.382 e. The quantitative estimate of drug-likeness (QED) is 0.795. The first kappa shape index (κ1) is 12.8. The summed E-state index contributed by atoms with van der Waals surface area (Å²) in [5.41, 5.74) is 3.17. The van der Waals surface area contributed by atoms with Gasteiger partial charge in [0.15, 0.2) is 5.78 Å². The molecule has 0 amide bonds. The number of aliphatic hydroxyl groups is 1. The zero-order valence-corrected chi connectivity index (χ0v) is 12.3. The summed E-state index contributed by atoms with van der Waals surface area (Å²) >= 11 is 0. The third-order valence-corrected chi connectivity index (χ3v) is 4.95. The minimum absolute atomic E-state index is 0.0804. The molecule has 0 fully saturated rings. The molecule has 2 nitrogen and oxygen atoms in total. The van der Waals surface area contributed by atoms with Gasteiger partial charge in [0.25, 0.3) is 0 Å². The molecule has 0 radical (unpaired) electrons. The van der Waals surface area contributed by atoms with Gasteiger partial charge in [-0.25, -0.2) is 0 Å². The van der Waals surface area contributed by atoms with Crippen LogP contribution in [0.25, 0.3) is 16.3 Å². The summed E-state index contributed by atoms with van der Waals surface area (Å²) < 4.78 is 0. The fourth-order valence-corrected chi connectivity index (χ4v) is 3.96. The topological polar surface area (TPSA) is 37.3 Å². The fraction of sp³-hybridized carbons (Fsp3) is 0.316. The molecule has 1 N–H and O–H groups in total. The normalized spacial score (nSPS) is 28.0. The fourth-order valence-electron chi connectivity index (χ4n) is 3.96. The maximum atomic E-state index is 12.4. The molecule has 2 atom stereocenters. The maximum Gasteiger partial charge on any atom is 0.190 e. The lowest BCUT2D eigenvalue weighted by Gasteiger charge is -2.25. The summed E-state index contributed by atoms with van der Waals surface area (Å²) in [5, 5.41) is 12.8. The lowest BCUT2D eigenvalue weighted by Crippen LogP contribution is -2.31. The third-order valence-electron chi connectivity index (χ3n) is 4.95. The Morgan fingerprint density at radius 3 is 2.71 bits per heavy atom. The molecular formula is C19H18O2. The Morgan fingerprint density at radius 1 is 1.14 bits per heavy atom. The van der Waals surface area contributed by atoms with Gasteiger partial charge in [-0.3, -0.25) is 4.79 Å². The Morgan fingerprint density at radius 2 is 1.90 bits per heavy atom. The molecule has 106 valence electrons. The summed E-state index contributed by atoms with van der Waals surface area (Å²) in [7, 11) is 0. The molecule has 2 aliphatic rings. The van der Waals surface area contributed by atoms with Gasteiger partial charge in [-0.15, -0.1) is 0 Å². The van der Waals surface area contributed by atoms with Crippen LogP contribution in [0.5, 0.6) is 0 Å². The first-order valence-corrected chi connectivity index (χ1v) is 7.50. The summed E-state index contributed by atoms with van der Waals surface area (Å²) in [6.07, 6.45) is 1.19. The van der Waals surface area contributed by atoms with Crippen LogP contribution in [0, 0.1) is 0 Å². The number of rotatable bonds is 0. The van der Waals surface area contributed by atoms with Crippen molar-refractivity contribution in [2.45, 2.75) is 38.2 Å². The molecule has 2 aliphatic carbocycles. The number of ketones is 1. The average Bonchev–Trinajstić information content (AvgIpc) is 2.70. The molecule has 0 heterocycles. The molecule has 4 rings (SSSR count). The number of hydrogen-bond acceptors (Lipinski definition) is 2. The van der Waals surface area contributed by atoms with E-state index in [1.807, 2.05) is 0 Å². The first-order chi connectivity index (χ1) is 9.99. The molecule has 0 spiro atoms. The van der Waals surface area contributed by atoms with Gasteiger partial charge in [0.2, 0.25) is 0 Å². The van der Waals surface area contributed by atoms with Crippen LogP contribution in [0.4, 0.5) is 0 Å². The second kappa shape index (κ2) is 4.05. The van der Waals surface area contributed by atoms with Gasteiger partial charge in [0.1, 0.15) is 5.60 Å². The van der Waals surface area contributed by atoms with Gasteiger partial charge in [-0.1, -0.05) is 43.3 Å². The number of benzene rings is 2. The number of carbonyl (C=O) groups excluding carboxylic acids is 1. The highest BCUT2D eigenvalue weighted by Gasteiger charge is 2.44. The lowest BCUT2D eigenvalue weighted by molar-refractivity contribution is -0.129. The smallest absolute Gasteiger partial charge is 0.190 e.